The highest BCUT2D eigenvalue weighted by Crippen LogP contribution is 2.20. The maximum absolute atomic E-state index is 5.77. The molecule has 2 rings (SSSR count). The molecule has 118 valence electrons. The van der Waals surface area contributed by atoms with E-state index in [1.165, 1.54) is 11.3 Å². The number of ether oxygens (including phenoxy) is 1. The van der Waals surface area contributed by atoms with Gasteiger partial charge in [0.05, 0.1) is 12.7 Å². The van der Waals surface area contributed by atoms with Crippen LogP contribution in [0, 0.1) is 0 Å². The zero-order valence-corrected chi connectivity index (χ0v) is 13.7. The number of morpholine rings is 1. The third-order valence-electron chi connectivity index (χ3n) is 3.93. The van der Waals surface area contributed by atoms with Gasteiger partial charge in [-0.2, -0.15) is 0 Å². The first-order valence-electron chi connectivity index (χ1n) is 8.33. The molecule has 1 N–H and O–H groups in total. The Bertz CT molecular complexity index is 436. The van der Waals surface area contributed by atoms with Gasteiger partial charge in [-0.15, -0.1) is 0 Å². The monoisotopic (exact) mass is 291 g/mol. The number of pyridine rings is 1. The van der Waals surface area contributed by atoms with E-state index in [4.69, 9.17) is 9.72 Å². The van der Waals surface area contributed by atoms with Gasteiger partial charge in [-0.3, -0.25) is 0 Å². The summed E-state index contributed by atoms with van der Waals surface area (Å²) in [6.07, 6.45) is 3.59. The molecule has 1 fully saturated rings. The second-order valence-corrected chi connectivity index (χ2v) is 5.70. The molecule has 1 aromatic rings. The van der Waals surface area contributed by atoms with E-state index in [1.807, 2.05) is 0 Å². The van der Waals surface area contributed by atoms with Crippen LogP contribution in [-0.4, -0.2) is 37.3 Å². The van der Waals surface area contributed by atoms with E-state index >= 15 is 0 Å². The first kappa shape index (κ1) is 16.2. The highest BCUT2D eigenvalue weighted by molar-refractivity contribution is 5.43. The summed E-state index contributed by atoms with van der Waals surface area (Å²) < 4.78 is 5.77. The summed E-state index contributed by atoms with van der Waals surface area (Å²) in [6, 6.07) is 4.48. The number of nitrogens with one attached hydrogen (secondary N) is 1. The molecule has 1 aromatic heterocycles. The van der Waals surface area contributed by atoms with Gasteiger partial charge in [0.15, 0.2) is 0 Å². The van der Waals surface area contributed by atoms with Crippen molar-refractivity contribution in [3.8, 4) is 0 Å². The second-order valence-electron chi connectivity index (χ2n) is 5.70. The number of aromatic nitrogens is 1. The predicted octanol–water partition coefficient (Wildman–Crippen LogP) is 2.76. The molecule has 0 bridgehead atoms. The van der Waals surface area contributed by atoms with Gasteiger partial charge in [-0.05, 0) is 37.1 Å². The molecule has 2 heterocycles. The maximum atomic E-state index is 5.77. The summed E-state index contributed by atoms with van der Waals surface area (Å²) >= 11 is 0. The van der Waals surface area contributed by atoms with Gasteiger partial charge in [0.25, 0.3) is 0 Å². The van der Waals surface area contributed by atoms with Gasteiger partial charge in [0.2, 0.25) is 0 Å². The molecule has 1 atom stereocenters. The van der Waals surface area contributed by atoms with E-state index in [2.05, 4.69) is 43.1 Å². The summed E-state index contributed by atoms with van der Waals surface area (Å²) in [7, 11) is 0. The third kappa shape index (κ3) is 4.68. The fraction of sp³-hybridized carbons (Fsp3) is 0.706. The first-order valence-corrected chi connectivity index (χ1v) is 8.33. The lowest BCUT2D eigenvalue weighted by atomic mass is 10.1. The minimum absolute atomic E-state index is 0.340. The van der Waals surface area contributed by atoms with Gasteiger partial charge in [-0.1, -0.05) is 27.2 Å². The van der Waals surface area contributed by atoms with Gasteiger partial charge < -0.3 is 15.0 Å². The van der Waals surface area contributed by atoms with Crippen molar-refractivity contribution in [2.75, 3.05) is 31.1 Å². The van der Waals surface area contributed by atoms with E-state index in [9.17, 15) is 0 Å². The summed E-state index contributed by atoms with van der Waals surface area (Å²) in [5.41, 5.74) is 2.55. The number of nitrogens with zero attached hydrogens (tertiary/aromatic N) is 2. The maximum Gasteiger partial charge on any atom is 0.129 e. The molecule has 0 radical (unpaired) electrons. The third-order valence-corrected chi connectivity index (χ3v) is 3.93. The van der Waals surface area contributed by atoms with E-state index < -0.39 is 0 Å². The Morgan fingerprint density at radius 2 is 2.19 bits per heavy atom. The highest BCUT2D eigenvalue weighted by atomic mass is 16.5. The Kier molecular flexibility index (Phi) is 6.46. The number of aryl methyl sites for hydroxylation is 1. The Morgan fingerprint density at radius 3 is 2.90 bits per heavy atom. The lowest BCUT2D eigenvalue weighted by Crippen LogP contribution is -2.42. The SMILES string of the molecule is CCCc1cc(CNCC)cc(N2CCOC(CC)C2)n1. The van der Waals surface area contributed by atoms with Crippen molar-refractivity contribution < 1.29 is 4.74 Å². The number of hydrogen-bond donors (Lipinski definition) is 1. The molecule has 1 saturated heterocycles. The molecular formula is C17H29N3O. The molecule has 1 unspecified atom stereocenters. The van der Waals surface area contributed by atoms with Crippen molar-refractivity contribution in [3.63, 3.8) is 0 Å². The molecule has 4 heteroatoms. The summed E-state index contributed by atoms with van der Waals surface area (Å²) in [5.74, 6) is 1.12. The minimum atomic E-state index is 0.340. The number of hydrogen-bond acceptors (Lipinski definition) is 4. The second kappa shape index (κ2) is 8.35. The van der Waals surface area contributed by atoms with Crippen LogP contribution in [0.25, 0.3) is 0 Å². The molecule has 1 aliphatic rings. The number of anilines is 1. The lowest BCUT2D eigenvalue weighted by molar-refractivity contribution is 0.0381. The summed E-state index contributed by atoms with van der Waals surface area (Å²) in [5, 5.41) is 3.41. The van der Waals surface area contributed by atoms with Gasteiger partial charge >= 0.3 is 0 Å². The van der Waals surface area contributed by atoms with Gasteiger partial charge in [0.1, 0.15) is 5.82 Å². The standard InChI is InChI=1S/C17H29N3O/c1-4-7-15-10-14(12-18-6-3)11-17(19-15)20-8-9-21-16(5-2)13-20/h10-11,16,18H,4-9,12-13H2,1-3H3. The smallest absolute Gasteiger partial charge is 0.129 e. The van der Waals surface area contributed by atoms with Crippen LogP contribution in [0.15, 0.2) is 12.1 Å². The fourth-order valence-electron chi connectivity index (χ4n) is 2.73. The average molecular weight is 291 g/mol. The first-order chi connectivity index (χ1) is 10.3. The normalized spacial score (nSPS) is 19.0. The largest absolute Gasteiger partial charge is 0.375 e. The van der Waals surface area contributed by atoms with Gasteiger partial charge in [0, 0.05) is 25.3 Å². The Morgan fingerprint density at radius 1 is 1.33 bits per heavy atom. The van der Waals surface area contributed by atoms with Crippen LogP contribution in [-0.2, 0) is 17.7 Å². The van der Waals surface area contributed by atoms with Crippen molar-refractivity contribution in [1.82, 2.24) is 10.3 Å². The average Bonchev–Trinajstić information content (AvgIpc) is 2.53. The Labute approximate surface area is 128 Å². The van der Waals surface area contributed by atoms with E-state index in [0.717, 1.165) is 57.9 Å². The van der Waals surface area contributed by atoms with Crippen LogP contribution >= 0.6 is 0 Å². The molecule has 4 nitrogen and oxygen atoms in total. The highest BCUT2D eigenvalue weighted by Gasteiger charge is 2.20. The van der Waals surface area contributed by atoms with Crippen molar-refractivity contribution in [3.05, 3.63) is 23.4 Å². The van der Waals surface area contributed by atoms with E-state index in [0.29, 0.717) is 6.10 Å². The Balaban J connectivity index is 2.17. The molecular weight excluding hydrogens is 262 g/mol. The molecule has 0 saturated carbocycles. The Hall–Kier alpha value is -1.13. The quantitative estimate of drug-likeness (QED) is 0.838. The van der Waals surface area contributed by atoms with Crippen LogP contribution in [0.5, 0.6) is 0 Å². The summed E-state index contributed by atoms with van der Waals surface area (Å²) in [6.45, 7) is 11.2. The van der Waals surface area contributed by atoms with Crippen molar-refractivity contribution >= 4 is 5.82 Å². The summed E-state index contributed by atoms with van der Waals surface area (Å²) in [4.78, 5) is 7.25. The minimum Gasteiger partial charge on any atom is -0.375 e. The number of rotatable bonds is 7. The molecule has 0 amide bonds. The van der Waals surface area contributed by atoms with Crippen LogP contribution < -0.4 is 10.2 Å². The van der Waals surface area contributed by atoms with Gasteiger partial charge in [-0.25, -0.2) is 4.98 Å². The van der Waals surface area contributed by atoms with Crippen molar-refractivity contribution in [2.24, 2.45) is 0 Å². The molecule has 0 aromatic carbocycles. The van der Waals surface area contributed by atoms with Crippen LogP contribution in [0.3, 0.4) is 0 Å². The molecule has 0 spiro atoms. The van der Waals surface area contributed by atoms with Crippen molar-refractivity contribution in [1.29, 1.82) is 0 Å². The van der Waals surface area contributed by atoms with Crippen LogP contribution in [0.2, 0.25) is 0 Å². The van der Waals surface area contributed by atoms with E-state index in [-0.39, 0.29) is 0 Å². The predicted molar refractivity (Wildman–Crippen MR) is 87.9 cm³/mol. The zero-order valence-electron chi connectivity index (χ0n) is 13.7. The topological polar surface area (TPSA) is 37.4 Å². The lowest BCUT2D eigenvalue weighted by Gasteiger charge is -2.33. The van der Waals surface area contributed by atoms with E-state index in [1.54, 1.807) is 0 Å². The molecule has 1 aliphatic heterocycles. The zero-order chi connectivity index (χ0) is 15.1. The molecule has 0 aliphatic carbocycles. The van der Waals surface area contributed by atoms with Crippen LogP contribution in [0.4, 0.5) is 5.82 Å². The van der Waals surface area contributed by atoms with Crippen molar-refractivity contribution in [2.45, 2.75) is 52.7 Å². The fourth-order valence-corrected chi connectivity index (χ4v) is 2.73. The van der Waals surface area contributed by atoms with Crippen LogP contribution in [0.1, 0.15) is 44.9 Å². The molecule has 21 heavy (non-hydrogen) atoms.